The van der Waals surface area contributed by atoms with Gasteiger partial charge >= 0.3 is 0 Å². The molecule has 4 rings (SSSR count). The van der Waals surface area contributed by atoms with Crippen LogP contribution in [0.15, 0.2) is 48.5 Å². The molecule has 2 aromatic rings. The fourth-order valence-corrected chi connectivity index (χ4v) is 3.65. The molecule has 0 aliphatic carbocycles. The van der Waals surface area contributed by atoms with Crippen molar-refractivity contribution >= 4 is 11.6 Å². The van der Waals surface area contributed by atoms with Crippen molar-refractivity contribution in [3.8, 4) is 5.75 Å². The summed E-state index contributed by atoms with van der Waals surface area (Å²) in [7, 11) is 1.68. The summed E-state index contributed by atoms with van der Waals surface area (Å²) in [6.07, 6.45) is 1.70. The third-order valence-electron chi connectivity index (χ3n) is 5.08. The van der Waals surface area contributed by atoms with Crippen LogP contribution in [0.5, 0.6) is 5.75 Å². The van der Waals surface area contributed by atoms with Gasteiger partial charge in [-0.05, 0) is 35.7 Å². The SMILES string of the molecule is COc1cccc(CN2CCC23Cc2ccccc2NC3=O)c1. The molecule has 1 N–H and O–H groups in total. The van der Waals surface area contributed by atoms with Crippen LogP contribution in [0.3, 0.4) is 0 Å². The molecule has 1 atom stereocenters. The molecule has 0 saturated carbocycles. The Hall–Kier alpha value is -2.33. The first-order chi connectivity index (χ1) is 11.2. The highest BCUT2D eigenvalue weighted by molar-refractivity contribution is 6.01. The third kappa shape index (κ3) is 2.30. The topological polar surface area (TPSA) is 41.6 Å². The average Bonchev–Trinajstić information content (AvgIpc) is 2.58. The van der Waals surface area contributed by atoms with Gasteiger partial charge in [0.1, 0.15) is 11.3 Å². The van der Waals surface area contributed by atoms with E-state index in [2.05, 4.69) is 22.3 Å². The summed E-state index contributed by atoms with van der Waals surface area (Å²) in [6, 6.07) is 16.2. The molecule has 1 fully saturated rings. The summed E-state index contributed by atoms with van der Waals surface area (Å²) < 4.78 is 5.29. The number of fused-ring (bicyclic) bond motifs is 1. The molecule has 2 aliphatic heterocycles. The summed E-state index contributed by atoms with van der Waals surface area (Å²) in [5.74, 6) is 0.987. The number of amides is 1. The third-order valence-corrected chi connectivity index (χ3v) is 5.08. The minimum absolute atomic E-state index is 0.130. The minimum Gasteiger partial charge on any atom is -0.497 e. The summed E-state index contributed by atoms with van der Waals surface area (Å²) >= 11 is 0. The average molecular weight is 308 g/mol. The molecular formula is C19H20N2O2. The van der Waals surface area contributed by atoms with Crippen LogP contribution in [0.2, 0.25) is 0 Å². The van der Waals surface area contributed by atoms with E-state index in [-0.39, 0.29) is 5.91 Å². The Morgan fingerprint density at radius 3 is 2.87 bits per heavy atom. The maximum absolute atomic E-state index is 12.7. The van der Waals surface area contributed by atoms with Gasteiger partial charge in [0, 0.05) is 25.2 Å². The number of nitrogens with one attached hydrogen (secondary N) is 1. The van der Waals surface area contributed by atoms with E-state index in [0.717, 1.165) is 37.4 Å². The van der Waals surface area contributed by atoms with Gasteiger partial charge in [0.25, 0.3) is 0 Å². The number of carbonyl (C=O) groups excluding carboxylic acids is 1. The fourth-order valence-electron chi connectivity index (χ4n) is 3.65. The molecule has 2 heterocycles. The van der Waals surface area contributed by atoms with E-state index >= 15 is 0 Å². The van der Waals surface area contributed by atoms with Gasteiger partial charge in [-0.15, -0.1) is 0 Å². The molecule has 1 amide bonds. The van der Waals surface area contributed by atoms with E-state index in [1.165, 1.54) is 11.1 Å². The predicted octanol–water partition coefficient (Wildman–Crippen LogP) is 2.83. The minimum atomic E-state index is -0.391. The number of methoxy groups -OCH3 is 1. The Balaban J connectivity index is 1.59. The number of hydrogen-bond acceptors (Lipinski definition) is 3. The zero-order valence-electron chi connectivity index (χ0n) is 13.2. The van der Waals surface area contributed by atoms with Gasteiger partial charge in [-0.1, -0.05) is 30.3 Å². The first-order valence-corrected chi connectivity index (χ1v) is 7.99. The molecule has 2 aliphatic rings. The van der Waals surface area contributed by atoms with Crippen LogP contribution in [0, 0.1) is 0 Å². The van der Waals surface area contributed by atoms with Crippen molar-refractivity contribution in [1.29, 1.82) is 0 Å². The first kappa shape index (κ1) is 14.3. The van der Waals surface area contributed by atoms with Gasteiger partial charge in [-0.25, -0.2) is 0 Å². The second kappa shape index (κ2) is 5.39. The van der Waals surface area contributed by atoms with Crippen LogP contribution in [0.1, 0.15) is 17.5 Å². The number of anilines is 1. The van der Waals surface area contributed by atoms with E-state index < -0.39 is 5.54 Å². The van der Waals surface area contributed by atoms with Gasteiger partial charge in [-0.3, -0.25) is 9.69 Å². The first-order valence-electron chi connectivity index (χ1n) is 7.99. The standard InChI is InChI=1S/C19H20N2O2/c1-23-16-7-4-5-14(11-16)13-21-10-9-19(21)12-15-6-2-3-8-17(15)20-18(19)22/h2-8,11H,9-10,12-13H2,1H3,(H,20,22). The van der Waals surface area contributed by atoms with E-state index in [0.29, 0.717) is 0 Å². The molecule has 1 saturated heterocycles. The number of benzene rings is 2. The predicted molar refractivity (Wildman–Crippen MR) is 89.5 cm³/mol. The summed E-state index contributed by atoms with van der Waals surface area (Å²) in [5.41, 5.74) is 2.96. The summed E-state index contributed by atoms with van der Waals surface area (Å²) in [6.45, 7) is 1.72. The van der Waals surface area contributed by atoms with Crippen LogP contribution < -0.4 is 10.1 Å². The Kier molecular flexibility index (Phi) is 3.34. The van der Waals surface area contributed by atoms with Crippen LogP contribution >= 0.6 is 0 Å². The number of likely N-dealkylation sites (tertiary alicyclic amines) is 1. The highest BCUT2D eigenvalue weighted by Gasteiger charge is 2.52. The van der Waals surface area contributed by atoms with Gasteiger partial charge in [0.2, 0.25) is 5.91 Å². The van der Waals surface area contributed by atoms with Crippen LogP contribution in [0.4, 0.5) is 5.69 Å². The van der Waals surface area contributed by atoms with Crippen LogP contribution in [-0.4, -0.2) is 30.0 Å². The smallest absolute Gasteiger partial charge is 0.245 e. The highest BCUT2D eigenvalue weighted by Crippen LogP contribution is 2.41. The lowest BCUT2D eigenvalue weighted by molar-refractivity contribution is -0.139. The Labute approximate surface area is 136 Å². The largest absolute Gasteiger partial charge is 0.497 e. The Morgan fingerprint density at radius 1 is 1.22 bits per heavy atom. The number of nitrogens with zero attached hydrogens (tertiary/aromatic N) is 1. The van der Waals surface area contributed by atoms with Gasteiger partial charge in [0.15, 0.2) is 0 Å². The fraction of sp³-hybridized carbons (Fsp3) is 0.316. The molecule has 23 heavy (non-hydrogen) atoms. The molecule has 0 radical (unpaired) electrons. The summed E-state index contributed by atoms with van der Waals surface area (Å²) in [5, 5.41) is 3.09. The molecule has 4 heteroatoms. The maximum atomic E-state index is 12.7. The second-order valence-corrected chi connectivity index (χ2v) is 6.34. The molecule has 0 aromatic heterocycles. The molecule has 118 valence electrons. The van der Waals surface area contributed by atoms with Crippen LogP contribution in [-0.2, 0) is 17.8 Å². The summed E-state index contributed by atoms with van der Waals surface area (Å²) in [4.78, 5) is 15.0. The molecule has 2 aromatic carbocycles. The van der Waals surface area contributed by atoms with Crippen molar-refractivity contribution in [2.24, 2.45) is 0 Å². The molecule has 1 unspecified atom stereocenters. The van der Waals surface area contributed by atoms with Crippen molar-refractivity contribution in [2.75, 3.05) is 19.0 Å². The molecule has 1 spiro atoms. The molecule has 4 nitrogen and oxygen atoms in total. The van der Waals surface area contributed by atoms with Gasteiger partial charge < -0.3 is 10.1 Å². The Bertz CT molecular complexity index is 759. The Morgan fingerprint density at radius 2 is 2.09 bits per heavy atom. The van der Waals surface area contributed by atoms with Crippen molar-refractivity contribution in [1.82, 2.24) is 4.90 Å². The maximum Gasteiger partial charge on any atom is 0.245 e. The van der Waals surface area contributed by atoms with Crippen molar-refractivity contribution in [3.63, 3.8) is 0 Å². The normalized spacial score (nSPS) is 23.1. The van der Waals surface area contributed by atoms with Crippen molar-refractivity contribution in [3.05, 3.63) is 59.7 Å². The second-order valence-electron chi connectivity index (χ2n) is 6.34. The lowest BCUT2D eigenvalue weighted by Crippen LogP contribution is -2.68. The quantitative estimate of drug-likeness (QED) is 0.948. The lowest BCUT2D eigenvalue weighted by atomic mass is 9.75. The highest BCUT2D eigenvalue weighted by atomic mass is 16.5. The zero-order chi connectivity index (χ0) is 15.9. The number of hydrogen-bond donors (Lipinski definition) is 1. The number of para-hydroxylation sites is 1. The monoisotopic (exact) mass is 308 g/mol. The number of rotatable bonds is 3. The van der Waals surface area contributed by atoms with E-state index in [1.807, 2.05) is 36.4 Å². The van der Waals surface area contributed by atoms with E-state index in [9.17, 15) is 4.79 Å². The van der Waals surface area contributed by atoms with Crippen molar-refractivity contribution in [2.45, 2.75) is 24.9 Å². The number of ether oxygens (including phenoxy) is 1. The van der Waals surface area contributed by atoms with Gasteiger partial charge in [0.05, 0.1) is 7.11 Å². The number of carbonyl (C=O) groups is 1. The lowest BCUT2D eigenvalue weighted by Gasteiger charge is -2.53. The van der Waals surface area contributed by atoms with Crippen molar-refractivity contribution < 1.29 is 9.53 Å². The van der Waals surface area contributed by atoms with Crippen LogP contribution in [0.25, 0.3) is 0 Å². The van der Waals surface area contributed by atoms with E-state index in [1.54, 1.807) is 7.11 Å². The van der Waals surface area contributed by atoms with E-state index in [4.69, 9.17) is 4.74 Å². The molecule has 0 bridgehead atoms. The van der Waals surface area contributed by atoms with Gasteiger partial charge in [-0.2, -0.15) is 0 Å². The molecular weight excluding hydrogens is 288 g/mol. The zero-order valence-corrected chi connectivity index (χ0v) is 13.2.